The molecule has 0 amide bonds. The molecular formula is C14H20N2. The Morgan fingerprint density at radius 1 is 1.44 bits per heavy atom. The van der Waals surface area contributed by atoms with Crippen LogP contribution in [0.15, 0.2) is 52.3 Å². The summed E-state index contributed by atoms with van der Waals surface area (Å²) in [5, 5.41) is 0. The number of nitrogens with zero attached hydrogens (tertiary/aromatic N) is 1. The van der Waals surface area contributed by atoms with Gasteiger partial charge in [0.1, 0.15) is 0 Å². The number of hydrogen-bond donors (Lipinski definition) is 1. The van der Waals surface area contributed by atoms with Crippen LogP contribution in [0.4, 0.5) is 0 Å². The van der Waals surface area contributed by atoms with E-state index in [0.717, 1.165) is 41.0 Å². The molecule has 0 saturated carbocycles. The van der Waals surface area contributed by atoms with Crippen LogP contribution in [-0.4, -0.2) is 5.71 Å². The molecule has 16 heavy (non-hydrogen) atoms. The van der Waals surface area contributed by atoms with Crippen molar-refractivity contribution < 1.29 is 0 Å². The molecule has 1 aliphatic rings. The Labute approximate surface area is 98.0 Å². The maximum Gasteiger partial charge on any atom is 0.0539 e. The van der Waals surface area contributed by atoms with Crippen LogP contribution in [0.5, 0.6) is 0 Å². The predicted octanol–water partition coefficient (Wildman–Crippen LogP) is 3.49. The molecule has 0 atom stereocenters. The van der Waals surface area contributed by atoms with Crippen LogP contribution in [0.25, 0.3) is 0 Å². The smallest absolute Gasteiger partial charge is 0.0539 e. The van der Waals surface area contributed by atoms with E-state index in [1.807, 2.05) is 13.8 Å². The van der Waals surface area contributed by atoms with Crippen LogP contribution in [0.3, 0.4) is 0 Å². The average Bonchev–Trinajstić information content (AvgIpc) is 2.59. The second-order valence-corrected chi connectivity index (χ2v) is 4.18. The molecule has 0 saturated heterocycles. The third-order valence-electron chi connectivity index (χ3n) is 2.54. The van der Waals surface area contributed by atoms with E-state index in [9.17, 15) is 0 Å². The fourth-order valence-corrected chi connectivity index (χ4v) is 1.80. The summed E-state index contributed by atoms with van der Waals surface area (Å²) in [6.07, 6.45) is 3.89. The van der Waals surface area contributed by atoms with Crippen molar-refractivity contribution in [3.63, 3.8) is 0 Å². The number of allylic oxidation sites excluding steroid dienone is 3. The van der Waals surface area contributed by atoms with Crippen molar-refractivity contribution in [1.29, 1.82) is 0 Å². The molecular weight excluding hydrogens is 196 g/mol. The minimum Gasteiger partial charge on any atom is -0.399 e. The van der Waals surface area contributed by atoms with Gasteiger partial charge in [0.2, 0.25) is 0 Å². The highest BCUT2D eigenvalue weighted by molar-refractivity contribution is 5.81. The monoisotopic (exact) mass is 216 g/mol. The van der Waals surface area contributed by atoms with Gasteiger partial charge in [0, 0.05) is 23.4 Å². The Balaban J connectivity index is 3.18. The first-order chi connectivity index (χ1) is 7.47. The van der Waals surface area contributed by atoms with Crippen LogP contribution >= 0.6 is 0 Å². The minimum absolute atomic E-state index is 0.582. The topological polar surface area (TPSA) is 38.4 Å². The Morgan fingerprint density at radius 2 is 2.06 bits per heavy atom. The molecule has 0 aromatic carbocycles. The van der Waals surface area contributed by atoms with E-state index in [1.54, 1.807) is 0 Å². The van der Waals surface area contributed by atoms with Gasteiger partial charge >= 0.3 is 0 Å². The Morgan fingerprint density at radius 3 is 2.50 bits per heavy atom. The highest BCUT2D eigenvalue weighted by Crippen LogP contribution is 2.35. The molecule has 0 heterocycles. The standard InChI is InChI=1S/C14H20N2/c1-6-10(4)12-7-8-13(16-9(2)3)14(12)11(5)15/h7H,4-6,8,15H2,1-3H3. The molecule has 0 radical (unpaired) electrons. The summed E-state index contributed by atoms with van der Waals surface area (Å²) in [6, 6.07) is 0. The SMILES string of the molecule is C=C(N)C1=C(N=C(C)C)CC=C1C(=C)CC. The van der Waals surface area contributed by atoms with E-state index in [2.05, 4.69) is 31.2 Å². The summed E-state index contributed by atoms with van der Waals surface area (Å²) in [5.41, 5.74) is 11.7. The van der Waals surface area contributed by atoms with Crippen LogP contribution in [0.1, 0.15) is 33.6 Å². The molecule has 86 valence electrons. The van der Waals surface area contributed by atoms with Crippen molar-refractivity contribution in [1.82, 2.24) is 0 Å². The first-order valence-corrected chi connectivity index (χ1v) is 5.55. The second-order valence-electron chi connectivity index (χ2n) is 4.18. The van der Waals surface area contributed by atoms with Gasteiger partial charge in [-0.3, -0.25) is 4.99 Å². The van der Waals surface area contributed by atoms with Crippen LogP contribution in [0, 0.1) is 0 Å². The lowest BCUT2D eigenvalue weighted by molar-refractivity contribution is 1.11. The van der Waals surface area contributed by atoms with Crippen molar-refractivity contribution in [2.75, 3.05) is 0 Å². The summed E-state index contributed by atoms with van der Waals surface area (Å²) in [7, 11) is 0. The van der Waals surface area contributed by atoms with E-state index in [0.29, 0.717) is 5.70 Å². The Kier molecular flexibility index (Phi) is 3.88. The van der Waals surface area contributed by atoms with Gasteiger partial charge < -0.3 is 5.73 Å². The first kappa shape index (κ1) is 12.5. The van der Waals surface area contributed by atoms with Crippen molar-refractivity contribution >= 4 is 5.71 Å². The van der Waals surface area contributed by atoms with E-state index in [4.69, 9.17) is 5.73 Å². The third-order valence-corrected chi connectivity index (χ3v) is 2.54. The summed E-state index contributed by atoms with van der Waals surface area (Å²) in [5.74, 6) is 0. The minimum atomic E-state index is 0.582. The highest BCUT2D eigenvalue weighted by Gasteiger charge is 2.19. The van der Waals surface area contributed by atoms with Crippen molar-refractivity contribution in [3.8, 4) is 0 Å². The van der Waals surface area contributed by atoms with Gasteiger partial charge in [-0.2, -0.15) is 0 Å². The Bertz CT molecular complexity index is 416. The third kappa shape index (κ3) is 2.51. The number of nitrogens with two attached hydrogens (primary N) is 1. The lowest BCUT2D eigenvalue weighted by atomic mass is 9.98. The number of rotatable bonds is 4. The molecule has 0 fully saturated rings. The van der Waals surface area contributed by atoms with Crippen LogP contribution < -0.4 is 5.73 Å². The summed E-state index contributed by atoms with van der Waals surface area (Å²) in [4.78, 5) is 4.51. The molecule has 0 unspecified atom stereocenters. The van der Waals surface area contributed by atoms with Gasteiger partial charge in [-0.1, -0.05) is 26.2 Å². The molecule has 2 nitrogen and oxygen atoms in total. The fourth-order valence-electron chi connectivity index (χ4n) is 1.80. The van der Waals surface area contributed by atoms with Crippen LogP contribution in [0.2, 0.25) is 0 Å². The lowest BCUT2D eigenvalue weighted by Crippen LogP contribution is -2.03. The largest absolute Gasteiger partial charge is 0.399 e. The van der Waals surface area contributed by atoms with Crippen molar-refractivity contribution in [2.24, 2.45) is 10.7 Å². The zero-order chi connectivity index (χ0) is 12.3. The molecule has 0 spiro atoms. The van der Waals surface area contributed by atoms with Gasteiger partial charge in [-0.25, -0.2) is 0 Å². The second kappa shape index (κ2) is 4.97. The molecule has 1 aliphatic carbocycles. The van der Waals surface area contributed by atoms with E-state index in [-0.39, 0.29) is 0 Å². The van der Waals surface area contributed by atoms with E-state index < -0.39 is 0 Å². The zero-order valence-corrected chi connectivity index (χ0v) is 10.4. The average molecular weight is 216 g/mol. The molecule has 1 rings (SSSR count). The Hall–Kier alpha value is -1.57. The van der Waals surface area contributed by atoms with E-state index in [1.165, 1.54) is 0 Å². The van der Waals surface area contributed by atoms with Crippen molar-refractivity contribution in [3.05, 3.63) is 47.3 Å². The predicted molar refractivity (Wildman–Crippen MR) is 71.3 cm³/mol. The van der Waals surface area contributed by atoms with Gasteiger partial charge in [0.05, 0.1) is 5.70 Å². The molecule has 2 N–H and O–H groups in total. The van der Waals surface area contributed by atoms with E-state index >= 15 is 0 Å². The normalized spacial score (nSPS) is 14.8. The molecule has 0 aliphatic heterocycles. The molecule has 0 aromatic rings. The number of aliphatic imine (C=N–C) groups is 1. The fraction of sp³-hybridized carbons (Fsp3) is 0.357. The highest BCUT2D eigenvalue weighted by atomic mass is 14.8. The van der Waals surface area contributed by atoms with Crippen molar-refractivity contribution in [2.45, 2.75) is 33.6 Å². The molecule has 0 bridgehead atoms. The lowest BCUT2D eigenvalue weighted by Gasteiger charge is -2.11. The zero-order valence-electron chi connectivity index (χ0n) is 10.4. The van der Waals surface area contributed by atoms with Gasteiger partial charge in [0.25, 0.3) is 0 Å². The summed E-state index contributed by atoms with van der Waals surface area (Å²) in [6.45, 7) is 13.9. The van der Waals surface area contributed by atoms with Gasteiger partial charge in [-0.05, 0) is 31.4 Å². The maximum atomic E-state index is 5.84. The van der Waals surface area contributed by atoms with Gasteiger partial charge in [0.15, 0.2) is 0 Å². The molecule has 2 heteroatoms. The quantitative estimate of drug-likeness (QED) is 0.718. The summed E-state index contributed by atoms with van der Waals surface area (Å²) >= 11 is 0. The van der Waals surface area contributed by atoms with Crippen LogP contribution in [-0.2, 0) is 0 Å². The number of hydrogen-bond acceptors (Lipinski definition) is 2. The molecule has 0 aromatic heterocycles. The van der Waals surface area contributed by atoms with Gasteiger partial charge in [-0.15, -0.1) is 0 Å². The first-order valence-electron chi connectivity index (χ1n) is 5.55. The maximum absolute atomic E-state index is 5.84. The summed E-state index contributed by atoms with van der Waals surface area (Å²) < 4.78 is 0.